The number of carbonyl (C=O) groups excluding carboxylic acids is 1. The van der Waals surface area contributed by atoms with Crippen LogP contribution in [0.15, 0.2) is 35.8 Å². The summed E-state index contributed by atoms with van der Waals surface area (Å²) in [4.78, 5) is 25.4. The first-order valence-electron chi connectivity index (χ1n) is 10.3. The average molecular weight is 501 g/mol. The molecular formula is C24H22Cl2N4O2S. The van der Waals surface area contributed by atoms with Crippen LogP contribution < -0.4 is 10.1 Å². The molecule has 0 fully saturated rings. The van der Waals surface area contributed by atoms with Gasteiger partial charge >= 0.3 is 0 Å². The van der Waals surface area contributed by atoms with E-state index in [0.29, 0.717) is 26.3 Å². The molecule has 9 heteroatoms. The van der Waals surface area contributed by atoms with Gasteiger partial charge in [-0.3, -0.25) is 9.78 Å². The van der Waals surface area contributed by atoms with Crippen molar-refractivity contribution < 1.29 is 9.53 Å². The Kier molecular flexibility index (Phi) is 6.83. The van der Waals surface area contributed by atoms with Gasteiger partial charge in [0.05, 0.1) is 22.3 Å². The lowest BCUT2D eigenvalue weighted by Gasteiger charge is -2.19. The van der Waals surface area contributed by atoms with Crippen LogP contribution in [0.25, 0.3) is 22.2 Å². The molecule has 0 radical (unpaired) electrons. The van der Waals surface area contributed by atoms with Crippen molar-refractivity contribution in [3.8, 4) is 17.0 Å². The summed E-state index contributed by atoms with van der Waals surface area (Å²) in [5, 5.41) is 4.30. The normalized spacial score (nSPS) is 12.1. The van der Waals surface area contributed by atoms with Gasteiger partial charge in [0, 0.05) is 34.8 Å². The molecule has 0 saturated heterocycles. The molecule has 0 saturated carbocycles. The number of aryl methyl sites for hydroxylation is 2. The van der Waals surface area contributed by atoms with Crippen LogP contribution in [0.2, 0.25) is 9.36 Å². The minimum absolute atomic E-state index is 0.143. The van der Waals surface area contributed by atoms with E-state index in [-0.39, 0.29) is 18.6 Å². The second-order valence-electron chi connectivity index (χ2n) is 7.76. The Morgan fingerprint density at radius 2 is 1.94 bits per heavy atom. The van der Waals surface area contributed by atoms with Gasteiger partial charge in [0.2, 0.25) is 5.91 Å². The van der Waals surface area contributed by atoms with E-state index >= 15 is 0 Å². The third-order valence-corrected chi connectivity index (χ3v) is 6.54. The third-order valence-electron chi connectivity index (χ3n) is 5.14. The van der Waals surface area contributed by atoms with Crippen molar-refractivity contribution in [2.24, 2.45) is 0 Å². The first kappa shape index (κ1) is 23.4. The molecule has 170 valence electrons. The van der Waals surface area contributed by atoms with Crippen LogP contribution in [-0.4, -0.2) is 20.9 Å². The number of rotatable bonds is 6. The van der Waals surface area contributed by atoms with E-state index in [0.717, 1.165) is 33.6 Å². The predicted octanol–water partition coefficient (Wildman–Crippen LogP) is 6.45. The number of ether oxygens (including phenoxy) is 1. The lowest BCUT2D eigenvalue weighted by atomic mass is 10.0. The van der Waals surface area contributed by atoms with E-state index in [4.69, 9.17) is 32.9 Å². The molecule has 4 rings (SSSR count). The zero-order valence-corrected chi connectivity index (χ0v) is 20.9. The summed E-state index contributed by atoms with van der Waals surface area (Å²) in [6, 6.07) is 9.20. The second kappa shape index (κ2) is 9.63. The van der Waals surface area contributed by atoms with Crippen molar-refractivity contribution in [1.82, 2.24) is 20.3 Å². The van der Waals surface area contributed by atoms with Crippen LogP contribution in [0.4, 0.5) is 0 Å². The number of thiazole rings is 1. The van der Waals surface area contributed by atoms with E-state index < -0.39 is 0 Å². The number of hydrogen-bond donors (Lipinski definition) is 1. The first-order valence-corrected chi connectivity index (χ1v) is 11.9. The zero-order valence-electron chi connectivity index (χ0n) is 18.6. The third kappa shape index (κ3) is 4.95. The van der Waals surface area contributed by atoms with Gasteiger partial charge in [-0.1, -0.05) is 35.3 Å². The van der Waals surface area contributed by atoms with Gasteiger partial charge in [0.25, 0.3) is 0 Å². The molecule has 4 aromatic rings. The number of halogens is 2. The quantitative estimate of drug-likeness (QED) is 0.329. The molecule has 3 heterocycles. The maximum atomic E-state index is 11.6. The number of benzene rings is 1. The summed E-state index contributed by atoms with van der Waals surface area (Å²) in [5.41, 5.74) is 7.06. The van der Waals surface area contributed by atoms with Gasteiger partial charge in [-0.25, -0.2) is 9.97 Å². The number of nitrogens with zero attached hydrogens (tertiary/aromatic N) is 3. The molecule has 0 aliphatic heterocycles. The van der Waals surface area contributed by atoms with Gasteiger partial charge in [-0.2, -0.15) is 0 Å². The second-order valence-corrected chi connectivity index (χ2v) is 9.62. The number of aromatic nitrogens is 3. The largest absolute Gasteiger partial charge is 0.486 e. The number of hydrogen-bond acceptors (Lipinski definition) is 6. The SMILES string of the molecule is CC(=O)NC(C)c1nc(C)cc(Cl)c1COc1cccc2c(-c3ncsc3Cl)cc(C)nc12. The molecule has 1 N–H and O–H groups in total. The summed E-state index contributed by atoms with van der Waals surface area (Å²) in [6.07, 6.45) is 0. The number of carbonyl (C=O) groups is 1. The molecule has 0 bridgehead atoms. The molecule has 0 aliphatic carbocycles. The molecule has 6 nitrogen and oxygen atoms in total. The Balaban J connectivity index is 1.74. The molecular weight excluding hydrogens is 479 g/mol. The smallest absolute Gasteiger partial charge is 0.217 e. The highest BCUT2D eigenvalue weighted by Crippen LogP contribution is 2.37. The molecule has 1 amide bonds. The summed E-state index contributed by atoms with van der Waals surface area (Å²) >= 11 is 14.3. The van der Waals surface area contributed by atoms with E-state index in [1.54, 1.807) is 11.6 Å². The topological polar surface area (TPSA) is 77.0 Å². The summed E-state index contributed by atoms with van der Waals surface area (Å²) < 4.78 is 6.86. The van der Waals surface area contributed by atoms with Crippen LogP contribution in [0.1, 0.15) is 42.5 Å². The van der Waals surface area contributed by atoms with Crippen LogP contribution in [0.3, 0.4) is 0 Å². The van der Waals surface area contributed by atoms with E-state index in [1.165, 1.54) is 18.3 Å². The molecule has 1 atom stereocenters. The number of amides is 1. The van der Waals surface area contributed by atoms with E-state index in [9.17, 15) is 4.79 Å². The van der Waals surface area contributed by atoms with Crippen molar-refractivity contribution in [1.29, 1.82) is 0 Å². The highest BCUT2D eigenvalue weighted by Gasteiger charge is 2.19. The Bertz CT molecular complexity index is 1360. The van der Waals surface area contributed by atoms with Gasteiger partial charge in [-0.15, -0.1) is 11.3 Å². The van der Waals surface area contributed by atoms with Crippen LogP contribution in [0.5, 0.6) is 5.75 Å². The molecule has 1 unspecified atom stereocenters. The van der Waals surface area contributed by atoms with Gasteiger partial charge in [-0.05, 0) is 39.0 Å². The summed E-state index contributed by atoms with van der Waals surface area (Å²) in [5.74, 6) is 0.467. The molecule has 0 aliphatic rings. The molecule has 1 aromatic carbocycles. The Hall–Kier alpha value is -2.74. The number of pyridine rings is 2. The number of para-hydroxylation sites is 1. The Morgan fingerprint density at radius 3 is 2.64 bits per heavy atom. The van der Waals surface area contributed by atoms with Crippen LogP contribution in [0, 0.1) is 13.8 Å². The van der Waals surface area contributed by atoms with Crippen LogP contribution >= 0.6 is 34.5 Å². The fraction of sp³-hybridized carbons (Fsp3) is 0.250. The van der Waals surface area contributed by atoms with Gasteiger partial charge in [0.1, 0.15) is 27.9 Å². The van der Waals surface area contributed by atoms with Gasteiger partial charge < -0.3 is 10.1 Å². The zero-order chi connectivity index (χ0) is 23.7. The fourth-order valence-corrected chi connectivity index (χ4v) is 4.88. The highest BCUT2D eigenvalue weighted by atomic mass is 35.5. The molecule has 33 heavy (non-hydrogen) atoms. The lowest BCUT2D eigenvalue weighted by Crippen LogP contribution is -2.26. The van der Waals surface area contributed by atoms with Crippen molar-refractivity contribution in [2.45, 2.75) is 40.3 Å². The minimum Gasteiger partial charge on any atom is -0.486 e. The molecule has 3 aromatic heterocycles. The van der Waals surface area contributed by atoms with Gasteiger partial charge in [0.15, 0.2) is 0 Å². The maximum absolute atomic E-state index is 11.6. The van der Waals surface area contributed by atoms with Crippen LogP contribution in [-0.2, 0) is 11.4 Å². The maximum Gasteiger partial charge on any atom is 0.217 e. The fourth-order valence-electron chi connectivity index (χ4n) is 3.78. The van der Waals surface area contributed by atoms with Crippen molar-refractivity contribution in [3.63, 3.8) is 0 Å². The number of fused-ring (bicyclic) bond motifs is 1. The van der Waals surface area contributed by atoms with Crippen molar-refractivity contribution in [3.05, 3.63) is 67.8 Å². The molecule has 0 spiro atoms. The highest BCUT2D eigenvalue weighted by molar-refractivity contribution is 7.14. The Labute approximate surface area is 206 Å². The summed E-state index contributed by atoms with van der Waals surface area (Å²) in [6.45, 7) is 7.31. The monoisotopic (exact) mass is 500 g/mol. The van der Waals surface area contributed by atoms with Crippen molar-refractivity contribution in [2.75, 3.05) is 0 Å². The Morgan fingerprint density at radius 1 is 1.18 bits per heavy atom. The van der Waals surface area contributed by atoms with Crippen molar-refractivity contribution >= 4 is 51.3 Å². The van der Waals surface area contributed by atoms with E-state index in [1.807, 2.05) is 45.0 Å². The van der Waals surface area contributed by atoms with E-state index in [2.05, 4.69) is 15.3 Å². The standard InChI is InChI=1S/C24H22Cl2N4O2S/c1-12-8-17(23-24(26)33-11-27-23)16-6-5-7-20(22(16)29-12)32-10-18-19(25)9-13(2)28-21(18)14(3)30-15(4)31/h5-9,11,14H,10H2,1-4H3,(H,30,31). The lowest BCUT2D eigenvalue weighted by molar-refractivity contribution is -0.119. The first-order chi connectivity index (χ1) is 15.7. The summed E-state index contributed by atoms with van der Waals surface area (Å²) in [7, 11) is 0. The average Bonchev–Trinajstić information content (AvgIpc) is 3.17. The minimum atomic E-state index is -0.315. The predicted molar refractivity (Wildman–Crippen MR) is 133 cm³/mol. The number of nitrogens with one attached hydrogen (secondary N) is 1.